The van der Waals surface area contributed by atoms with Crippen LogP contribution >= 0.6 is 0 Å². The number of amides is 2. The number of carbonyl (C=O) groups is 2. The molecule has 0 unspecified atom stereocenters. The number of ether oxygens (including phenoxy) is 3. The number of fused-ring (bicyclic) bond motifs is 1. The van der Waals surface area contributed by atoms with Gasteiger partial charge in [-0.15, -0.1) is 5.56 Å². The predicted octanol–water partition coefficient (Wildman–Crippen LogP) is 4.29. The SMILES string of the molecule is COc1cccc(-c2cc(C(=O)Nc3cc4cc(C)c(OC(N)=O)[c-]c4oc3=O)ccc2OC)c1.[Y]. The number of carbonyl (C=O) groups excluding carboxylic acids is 2. The molecule has 0 fully saturated rings. The molecule has 2 amide bonds. The molecule has 0 spiro atoms. The number of benzene rings is 3. The molecule has 0 saturated carbocycles. The number of hydrogen-bond donors (Lipinski definition) is 2. The summed E-state index contributed by atoms with van der Waals surface area (Å²) in [6.45, 7) is 1.68. The van der Waals surface area contributed by atoms with Gasteiger partial charge in [0.2, 0.25) is 0 Å². The second kappa shape index (κ2) is 11.4. The largest absolute Gasteiger partial charge is 0.497 e. The molecule has 0 atom stereocenters. The summed E-state index contributed by atoms with van der Waals surface area (Å²) in [5.41, 5.74) is 6.56. The Bertz CT molecular complexity index is 1510. The van der Waals surface area contributed by atoms with E-state index in [0.29, 0.717) is 33.6 Å². The third-order valence-electron chi connectivity index (χ3n) is 5.23. The molecular weight excluding hydrogens is 541 g/mol. The molecule has 1 heterocycles. The summed E-state index contributed by atoms with van der Waals surface area (Å²) in [7, 11) is 3.11. The first-order chi connectivity index (χ1) is 16.8. The maximum atomic E-state index is 13.0. The molecule has 0 saturated heterocycles. The zero-order valence-corrected chi connectivity index (χ0v) is 22.5. The number of methoxy groups -OCH3 is 2. The van der Waals surface area contributed by atoms with Crippen LogP contribution in [0.2, 0.25) is 0 Å². The van der Waals surface area contributed by atoms with Gasteiger partial charge in [0.05, 0.1) is 14.2 Å². The third kappa shape index (κ3) is 5.75. The summed E-state index contributed by atoms with van der Waals surface area (Å²) < 4.78 is 20.9. The minimum atomic E-state index is -1.01. The number of nitrogens with two attached hydrogens (primary N) is 1. The van der Waals surface area contributed by atoms with Crippen LogP contribution in [0, 0.1) is 13.0 Å². The van der Waals surface area contributed by atoms with E-state index < -0.39 is 17.6 Å². The van der Waals surface area contributed by atoms with Gasteiger partial charge in [-0.2, -0.15) is 6.07 Å². The standard InChI is InChI=1S/C26H21N2O7.Y/c1-14-9-17-12-20(25(30)34-23(17)13-22(14)35-26(27)31)28-24(29)16-7-8-21(33-3)19(11-16)15-5-4-6-18(10-15)32-2;/h4-12H,1-3H3,(H2,27,31)(H,28,29);/q-1;. The Hall–Kier alpha value is -3.69. The van der Waals surface area contributed by atoms with Gasteiger partial charge in [-0.3, -0.25) is 4.79 Å². The quantitative estimate of drug-likeness (QED) is 0.265. The summed E-state index contributed by atoms with van der Waals surface area (Å²) in [5, 5.41) is 3.07. The minimum Gasteiger partial charge on any atom is -0.497 e. The van der Waals surface area contributed by atoms with Crippen molar-refractivity contribution in [3.63, 3.8) is 0 Å². The van der Waals surface area contributed by atoms with E-state index in [-0.39, 0.29) is 49.7 Å². The summed E-state index contributed by atoms with van der Waals surface area (Å²) in [4.78, 5) is 36.6. The van der Waals surface area contributed by atoms with Crippen LogP contribution in [0.15, 0.2) is 63.8 Å². The van der Waals surface area contributed by atoms with Crippen LogP contribution in [0.4, 0.5) is 10.5 Å². The molecule has 181 valence electrons. The van der Waals surface area contributed by atoms with Crippen LogP contribution < -0.4 is 30.9 Å². The zero-order valence-electron chi connectivity index (χ0n) is 19.7. The Morgan fingerprint density at radius 2 is 1.81 bits per heavy atom. The first kappa shape index (κ1) is 26.9. The van der Waals surface area contributed by atoms with E-state index in [9.17, 15) is 14.4 Å². The molecule has 3 N–H and O–H groups in total. The molecule has 0 aliphatic rings. The molecule has 36 heavy (non-hydrogen) atoms. The molecule has 0 aliphatic heterocycles. The Morgan fingerprint density at radius 3 is 2.50 bits per heavy atom. The number of anilines is 1. The van der Waals surface area contributed by atoms with E-state index in [0.717, 1.165) is 5.56 Å². The van der Waals surface area contributed by atoms with Crippen molar-refractivity contribution >= 4 is 28.7 Å². The van der Waals surface area contributed by atoms with E-state index in [1.165, 1.54) is 13.2 Å². The van der Waals surface area contributed by atoms with Crippen molar-refractivity contribution in [2.24, 2.45) is 5.73 Å². The molecule has 10 heteroatoms. The van der Waals surface area contributed by atoms with Crippen LogP contribution in [-0.4, -0.2) is 26.2 Å². The first-order valence-electron chi connectivity index (χ1n) is 10.4. The fraction of sp³-hybridized carbons (Fsp3) is 0.115. The average molecular weight is 562 g/mol. The number of primary amides is 1. The fourth-order valence-electron chi connectivity index (χ4n) is 3.55. The van der Waals surface area contributed by atoms with Gasteiger partial charge in [0.15, 0.2) is 0 Å². The Balaban J connectivity index is 0.00000361. The molecule has 9 nitrogen and oxygen atoms in total. The van der Waals surface area contributed by atoms with Crippen LogP contribution in [0.1, 0.15) is 15.9 Å². The normalized spacial score (nSPS) is 10.3. The van der Waals surface area contributed by atoms with E-state index in [1.54, 1.807) is 38.3 Å². The van der Waals surface area contributed by atoms with Gasteiger partial charge in [0, 0.05) is 55.2 Å². The van der Waals surface area contributed by atoms with Gasteiger partial charge in [0.1, 0.15) is 17.2 Å². The van der Waals surface area contributed by atoms with E-state index in [1.807, 2.05) is 24.3 Å². The number of rotatable bonds is 6. The number of nitrogens with one attached hydrogen (secondary N) is 1. The van der Waals surface area contributed by atoms with Crippen LogP contribution in [0.5, 0.6) is 17.2 Å². The van der Waals surface area contributed by atoms with Gasteiger partial charge in [0.25, 0.3) is 5.91 Å². The van der Waals surface area contributed by atoms with Crippen molar-refractivity contribution < 1.29 is 60.9 Å². The van der Waals surface area contributed by atoms with Gasteiger partial charge in [-0.05, 0) is 35.9 Å². The molecule has 0 bridgehead atoms. The van der Waals surface area contributed by atoms with Crippen molar-refractivity contribution in [2.45, 2.75) is 6.92 Å². The molecule has 3 aromatic carbocycles. The van der Waals surface area contributed by atoms with Gasteiger partial charge < -0.3 is 29.7 Å². The predicted molar refractivity (Wildman–Crippen MR) is 129 cm³/mol. The van der Waals surface area contributed by atoms with Gasteiger partial charge in [-0.1, -0.05) is 36.6 Å². The summed E-state index contributed by atoms with van der Waals surface area (Å²) in [5.74, 6) is 0.760. The maximum Gasteiger partial charge on any atom is 0.407 e. The number of aryl methyl sites for hydroxylation is 1. The molecule has 1 aromatic heterocycles. The number of hydrogen-bond acceptors (Lipinski definition) is 7. The van der Waals surface area contributed by atoms with E-state index in [4.69, 9.17) is 24.4 Å². The van der Waals surface area contributed by atoms with Crippen molar-refractivity contribution in [3.8, 4) is 28.4 Å². The first-order valence-corrected chi connectivity index (χ1v) is 10.4. The van der Waals surface area contributed by atoms with Gasteiger partial charge >= 0.3 is 11.7 Å². The topological polar surface area (TPSA) is 130 Å². The monoisotopic (exact) mass is 562 g/mol. The van der Waals surface area contributed by atoms with Crippen LogP contribution in [0.25, 0.3) is 22.1 Å². The molecule has 0 aliphatic carbocycles. The van der Waals surface area contributed by atoms with Crippen molar-refractivity contribution in [2.75, 3.05) is 19.5 Å². The van der Waals surface area contributed by atoms with Gasteiger partial charge in [-0.25, -0.2) is 9.59 Å². The minimum absolute atomic E-state index is 0. The fourth-order valence-corrected chi connectivity index (χ4v) is 3.55. The van der Waals surface area contributed by atoms with Crippen molar-refractivity contribution in [1.82, 2.24) is 0 Å². The van der Waals surface area contributed by atoms with E-state index >= 15 is 0 Å². The van der Waals surface area contributed by atoms with Crippen molar-refractivity contribution in [3.05, 3.63) is 82.2 Å². The van der Waals surface area contributed by atoms with E-state index in [2.05, 4.69) is 11.4 Å². The second-order valence-electron chi connectivity index (χ2n) is 7.54. The second-order valence-corrected chi connectivity index (χ2v) is 7.54. The molecule has 4 rings (SSSR count). The van der Waals surface area contributed by atoms with Crippen molar-refractivity contribution in [1.29, 1.82) is 0 Å². The summed E-state index contributed by atoms with van der Waals surface area (Å²) >= 11 is 0. The zero-order chi connectivity index (χ0) is 25.1. The smallest absolute Gasteiger partial charge is 0.407 e. The third-order valence-corrected chi connectivity index (χ3v) is 5.23. The molecule has 1 radical (unpaired) electrons. The Kier molecular flexibility index (Phi) is 8.50. The molecule has 4 aromatic rings. The Labute approximate surface area is 231 Å². The molecular formula is C26H21N2O7Y-. The maximum absolute atomic E-state index is 13.0. The van der Waals surface area contributed by atoms with Crippen LogP contribution in [-0.2, 0) is 32.7 Å². The Morgan fingerprint density at radius 1 is 1.03 bits per heavy atom. The van der Waals surface area contributed by atoms with Crippen LogP contribution in [0.3, 0.4) is 0 Å². The summed E-state index contributed by atoms with van der Waals surface area (Å²) in [6, 6.07) is 18.1. The summed E-state index contributed by atoms with van der Waals surface area (Å²) in [6.07, 6.45) is -1.01. The average Bonchev–Trinajstić information content (AvgIpc) is 2.84.